The number of rotatable bonds is 1. The summed E-state index contributed by atoms with van der Waals surface area (Å²) in [5, 5.41) is 0. The van der Waals surface area contributed by atoms with Gasteiger partial charge >= 0.3 is 0 Å². The average molecular weight is 266 g/mol. The van der Waals surface area contributed by atoms with Crippen molar-refractivity contribution in [1.82, 2.24) is 0 Å². The first-order valence-corrected chi connectivity index (χ1v) is 7.40. The van der Waals surface area contributed by atoms with Gasteiger partial charge in [-0.1, -0.05) is 90.1 Å². The summed E-state index contributed by atoms with van der Waals surface area (Å²) in [6, 6.07) is 17.6. The van der Waals surface area contributed by atoms with Gasteiger partial charge in [0.05, 0.1) is 0 Å². The Balaban J connectivity index is 2.71. The maximum Gasteiger partial charge on any atom is -0.0126 e. The molecule has 0 aliphatic carbocycles. The van der Waals surface area contributed by atoms with E-state index in [4.69, 9.17) is 0 Å². The van der Waals surface area contributed by atoms with Crippen molar-refractivity contribution in [1.29, 1.82) is 0 Å². The summed E-state index contributed by atoms with van der Waals surface area (Å²) in [5.41, 5.74) is 5.87. The lowest BCUT2D eigenvalue weighted by molar-refractivity contribution is 0.585. The first-order valence-electron chi connectivity index (χ1n) is 7.40. The fourth-order valence-electron chi connectivity index (χ4n) is 2.74. The fraction of sp³-hybridized carbons (Fsp3) is 0.400. The van der Waals surface area contributed by atoms with Crippen molar-refractivity contribution < 1.29 is 0 Å². The highest BCUT2D eigenvalue weighted by Crippen LogP contribution is 2.38. The summed E-state index contributed by atoms with van der Waals surface area (Å²) in [6.45, 7) is 13.7. The lowest BCUT2D eigenvalue weighted by atomic mass is 9.77. The third-order valence-corrected chi connectivity index (χ3v) is 3.76. The lowest BCUT2D eigenvalue weighted by Crippen LogP contribution is -2.16. The SMILES string of the molecule is CC(C)(C)c1ccccc1-c1ccccc1C(C)(C)C. The molecule has 0 N–H and O–H groups in total. The van der Waals surface area contributed by atoms with Gasteiger partial charge < -0.3 is 0 Å². The maximum absolute atomic E-state index is 2.28. The molecule has 2 rings (SSSR count). The highest BCUT2D eigenvalue weighted by atomic mass is 14.3. The molecule has 0 spiro atoms. The maximum atomic E-state index is 2.28. The van der Waals surface area contributed by atoms with Crippen molar-refractivity contribution in [2.45, 2.75) is 52.4 Å². The molecule has 2 aromatic carbocycles. The first-order chi connectivity index (χ1) is 9.21. The zero-order chi connectivity index (χ0) is 15.0. The average Bonchev–Trinajstić information content (AvgIpc) is 2.37. The second-order valence-corrected chi connectivity index (χ2v) is 7.59. The van der Waals surface area contributed by atoms with E-state index in [2.05, 4.69) is 90.1 Å². The van der Waals surface area contributed by atoms with Crippen LogP contribution in [-0.2, 0) is 10.8 Å². The minimum Gasteiger partial charge on any atom is -0.0619 e. The molecule has 0 bridgehead atoms. The van der Waals surface area contributed by atoms with Crippen LogP contribution in [0.1, 0.15) is 52.7 Å². The van der Waals surface area contributed by atoms with Crippen molar-refractivity contribution in [2.75, 3.05) is 0 Å². The molecule has 0 amide bonds. The van der Waals surface area contributed by atoms with Crippen LogP contribution in [0.15, 0.2) is 48.5 Å². The predicted molar refractivity (Wildman–Crippen MR) is 89.3 cm³/mol. The van der Waals surface area contributed by atoms with Gasteiger partial charge in [-0.3, -0.25) is 0 Å². The van der Waals surface area contributed by atoms with Crippen LogP contribution < -0.4 is 0 Å². The minimum atomic E-state index is 0.154. The molecule has 0 aromatic heterocycles. The van der Waals surface area contributed by atoms with E-state index in [1.54, 1.807) is 0 Å². The van der Waals surface area contributed by atoms with Crippen molar-refractivity contribution in [2.24, 2.45) is 0 Å². The second kappa shape index (κ2) is 5.09. The van der Waals surface area contributed by atoms with Crippen LogP contribution in [0.3, 0.4) is 0 Å². The number of benzene rings is 2. The molecule has 0 atom stereocenters. The van der Waals surface area contributed by atoms with Gasteiger partial charge in [0.2, 0.25) is 0 Å². The molecule has 0 aliphatic rings. The molecule has 0 aliphatic heterocycles. The van der Waals surface area contributed by atoms with Gasteiger partial charge in [-0.15, -0.1) is 0 Å². The Morgan fingerprint density at radius 2 is 0.800 bits per heavy atom. The quantitative estimate of drug-likeness (QED) is 0.598. The highest BCUT2D eigenvalue weighted by Gasteiger charge is 2.23. The zero-order valence-electron chi connectivity index (χ0n) is 13.6. The van der Waals surface area contributed by atoms with Crippen LogP contribution in [0.25, 0.3) is 11.1 Å². The van der Waals surface area contributed by atoms with Crippen LogP contribution in [0.4, 0.5) is 0 Å². The third-order valence-electron chi connectivity index (χ3n) is 3.76. The van der Waals surface area contributed by atoms with Crippen molar-refractivity contribution in [3.05, 3.63) is 59.7 Å². The van der Waals surface area contributed by atoms with E-state index in [1.165, 1.54) is 22.3 Å². The first kappa shape index (κ1) is 14.8. The summed E-state index contributed by atoms with van der Waals surface area (Å²) < 4.78 is 0. The molecule has 0 saturated carbocycles. The molecule has 0 radical (unpaired) electrons. The van der Waals surface area contributed by atoms with Crippen molar-refractivity contribution in [3.8, 4) is 11.1 Å². The second-order valence-electron chi connectivity index (χ2n) is 7.59. The highest BCUT2D eigenvalue weighted by molar-refractivity contribution is 5.73. The molecule has 0 heteroatoms. The van der Waals surface area contributed by atoms with Crippen LogP contribution in [0.2, 0.25) is 0 Å². The van der Waals surface area contributed by atoms with E-state index in [0.29, 0.717) is 0 Å². The van der Waals surface area contributed by atoms with E-state index >= 15 is 0 Å². The number of hydrogen-bond acceptors (Lipinski definition) is 0. The summed E-state index contributed by atoms with van der Waals surface area (Å²) in [7, 11) is 0. The molecule has 20 heavy (non-hydrogen) atoms. The third kappa shape index (κ3) is 2.95. The van der Waals surface area contributed by atoms with Gasteiger partial charge in [-0.05, 0) is 33.1 Å². The molecule has 0 nitrogen and oxygen atoms in total. The Hall–Kier alpha value is -1.56. The lowest BCUT2D eigenvalue weighted by Gasteiger charge is -2.27. The summed E-state index contributed by atoms with van der Waals surface area (Å²) in [4.78, 5) is 0. The summed E-state index contributed by atoms with van der Waals surface area (Å²) in [6.07, 6.45) is 0. The standard InChI is InChI=1S/C20H26/c1-19(2,3)17-13-9-7-11-15(17)16-12-8-10-14-18(16)20(4,5)6/h7-14H,1-6H3. The monoisotopic (exact) mass is 266 g/mol. The molecule has 2 aromatic rings. The van der Waals surface area contributed by atoms with E-state index < -0.39 is 0 Å². The van der Waals surface area contributed by atoms with Crippen LogP contribution in [0, 0.1) is 0 Å². The zero-order valence-corrected chi connectivity index (χ0v) is 13.6. The van der Waals surface area contributed by atoms with Crippen LogP contribution >= 0.6 is 0 Å². The van der Waals surface area contributed by atoms with Gasteiger partial charge in [0, 0.05) is 0 Å². The summed E-state index contributed by atoms with van der Waals surface area (Å²) in [5.74, 6) is 0. The summed E-state index contributed by atoms with van der Waals surface area (Å²) >= 11 is 0. The molecule has 0 heterocycles. The predicted octanol–water partition coefficient (Wildman–Crippen LogP) is 5.95. The Morgan fingerprint density at radius 1 is 0.500 bits per heavy atom. The van der Waals surface area contributed by atoms with Gasteiger partial charge in [-0.25, -0.2) is 0 Å². The van der Waals surface area contributed by atoms with Crippen LogP contribution in [-0.4, -0.2) is 0 Å². The Labute approximate surface area is 123 Å². The Kier molecular flexibility index (Phi) is 3.77. The van der Waals surface area contributed by atoms with E-state index in [0.717, 1.165) is 0 Å². The van der Waals surface area contributed by atoms with Crippen molar-refractivity contribution in [3.63, 3.8) is 0 Å². The topological polar surface area (TPSA) is 0 Å². The molecule has 0 saturated heterocycles. The Bertz CT molecular complexity index is 536. The molecule has 106 valence electrons. The van der Waals surface area contributed by atoms with Crippen molar-refractivity contribution >= 4 is 0 Å². The van der Waals surface area contributed by atoms with Gasteiger partial charge in [0.25, 0.3) is 0 Å². The molecular weight excluding hydrogens is 240 g/mol. The molecule has 0 unspecified atom stereocenters. The largest absolute Gasteiger partial charge is 0.0619 e. The smallest absolute Gasteiger partial charge is 0.0126 e. The van der Waals surface area contributed by atoms with E-state index in [-0.39, 0.29) is 10.8 Å². The minimum absolute atomic E-state index is 0.154. The van der Waals surface area contributed by atoms with Gasteiger partial charge in [-0.2, -0.15) is 0 Å². The number of hydrogen-bond donors (Lipinski definition) is 0. The van der Waals surface area contributed by atoms with Crippen LogP contribution in [0.5, 0.6) is 0 Å². The normalized spacial score (nSPS) is 12.5. The molecule has 0 fully saturated rings. The Morgan fingerprint density at radius 3 is 1.10 bits per heavy atom. The molecular formula is C20H26. The van der Waals surface area contributed by atoms with E-state index in [1.807, 2.05) is 0 Å². The van der Waals surface area contributed by atoms with E-state index in [9.17, 15) is 0 Å². The fourth-order valence-corrected chi connectivity index (χ4v) is 2.74. The van der Waals surface area contributed by atoms with Gasteiger partial charge in [0.15, 0.2) is 0 Å². The van der Waals surface area contributed by atoms with Gasteiger partial charge in [0.1, 0.15) is 0 Å².